The molecule has 138 valence electrons. The highest BCUT2D eigenvalue weighted by Crippen LogP contribution is 2.22. The fourth-order valence-corrected chi connectivity index (χ4v) is 3.00. The van der Waals surface area contributed by atoms with Crippen LogP contribution in [-0.4, -0.2) is 50.0 Å². The lowest BCUT2D eigenvalue weighted by atomic mass is 9.85. The molecule has 1 amide bonds. The van der Waals surface area contributed by atoms with Crippen LogP contribution in [0.2, 0.25) is 0 Å². The van der Waals surface area contributed by atoms with Gasteiger partial charge in [0.25, 0.3) is 0 Å². The zero-order valence-electron chi connectivity index (χ0n) is 16.0. The first-order valence-electron chi connectivity index (χ1n) is 9.19. The largest absolute Gasteiger partial charge is 0.356 e. The number of carbonyl (C=O) groups is 1. The van der Waals surface area contributed by atoms with Crippen LogP contribution in [0.15, 0.2) is 35.3 Å². The second kappa shape index (κ2) is 8.88. The van der Waals surface area contributed by atoms with Crippen molar-refractivity contribution < 1.29 is 4.79 Å². The minimum atomic E-state index is -0.0229. The van der Waals surface area contributed by atoms with Crippen molar-refractivity contribution in [1.82, 2.24) is 15.5 Å². The van der Waals surface area contributed by atoms with E-state index in [-0.39, 0.29) is 17.9 Å². The summed E-state index contributed by atoms with van der Waals surface area (Å²) in [6.07, 6.45) is 4.86. The molecule has 0 heterocycles. The second-order valence-corrected chi connectivity index (χ2v) is 7.68. The molecule has 1 aromatic carbocycles. The molecule has 0 aliphatic heterocycles. The summed E-state index contributed by atoms with van der Waals surface area (Å²) in [5.74, 6) is 0.751. The van der Waals surface area contributed by atoms with Crippen LogP contribution in [0.3, 0.4) is 0 Å². The Hall–Kier alpha value is -2.04. The van der Waals surface area contributed by atoms with Crippen molar-refractivity contribution in [3.05, 3.63) is 35.9 Å². The van der Waals surface area contributed by atoms with E-state index in [0.717, 1.165) is 12.5 Å². The monoisotopic (exact) mass is 344 g/mol. The Bertz CT molecular complexity index is 575. The van der Waals surface area contributed by atoms with Gasteiger partial charge in [0.05, 0.1) is 0 Å². The number of carbonyl (C=O) groups excluding carboxylic acids is 1. The highest BCUT2D eigenvalue weighted by atomic mass is 16.2. The van der Waals surface area contributed by atoms with Crippen molar-refractivity contribution in [1.29, 1.82) is 0 Å². The van der Waals surface area contributed by atoms with E-state index >= 15 is 0 Å². The third-order valence-electron chi connectivity index (χ3n) is 4.82. The van der Waals surface area contributed by atoms with Gasteiger partial charge in [-0.2, -0.15) is 0 Å². The normalized spacial score (nSPS) is 15.9. The Balaban J connectivity index is 2.01. The Morgan fingerprint density at radius 2 is 1.84 bits per heavy atom. The summed E-state index contributed by atoms with van der Waals surface area (Å²) in [7, 11) is 3.52. The number of nitrogens with zero attached hydrogens (tertiary/aromatic N) is 2. The summed E-state index contributed by atoms with van der Waals surface area (Å²) in [6, 6.07) is 10.9. The molecule has 1 aliphatic carbocycles. The predicted octanol–water partition coefficient (Wildman–Crippen LogP) is 2.53. The number of hydrogen-bond acceptors (Lipinski definition) is 2. The van der Waals surface area contributed by atoms with Gasteiger partial charge in [-0.3, -0.25) is 4.79 Å². The van der Waals surface area contributed by atoms with Gasteiger partial charge in [0, 0.05) is 32.1 Å². The fourth-order valence-electron chi connectivity index (χ4n) is 3.00. The maximum absolute atomic E-state index is 11.9. The molecule has 0 unspecified atom stereocenters. The molecule has 1 aromatic rings. The van der Waals surface area contributed by atoms with Crippen molar-refractivity contribution in [2.75, 3.05) is 27.2 Å². The Morgan fingerprint density at radius 3 is 2.44 bits per heavy atom. The Labute approximate surface area is 151 Å². The zero-order valence-corrected chi connectivity index (χ0v) is 16.0. The number of likely N-dealkylation sites (N-methyl/N-ethyl adjacent to an activating group) is 1. The van der Waals surface area contributed by atoms with E-state index < -0.39 is 0 Å². The molecule has 0 spiro atoms. The Kier molecular flexibility index (Phi) is 6.85. The van der Waals surface area contributed by atoms with E-state index in [1.165, 1.54) is 31.2 Å². The molecule has 0 bridgehead atoms. The first-order chi connectivity index (χ1) is 11.9. The molecule has 5 heteroatoms. The van der Waals surface area contributed by atoms with Crippen LogP contribution in [0.4, 0.5) is 0 Å². The number of nitrogens with one attached hydrogen (secondary N) is 2. The van der Waals surface area contributed by atoms with Gasteiger partial charge >= 0.3 is 0 Å². The lowest BCUT2D eigenvalue weighted by molar-refractivity contribution is -0.127. The van der Waals surface area contributed by atoms with Gasteiger partial charge in [0.1, 0.15) is 6.54 Å². The highest BCUT2D eigenvalue weighted by Gasteiger charge is 2.22. The summed E-state index contributed by atoms with van der Waals surface area (Å²) < 4.78 is 0. The van der Waals surface area contributed by atoms with E-state index in [0.29, 0.717) is 6.04 Å². The van der Waals surface area contributed by atoms with Crippen LogP contribution in [0, 0.1) is 0 Å². The third-order valence-corrected chi connectivity index (χ3v) is 4.82. The van der Waals surface area contributed by atoms with Crippen LogP contribution in [0.5, 0.6) is 0 Å². The van der Waals surface area contributed by atoms with Gasteiger partial charge in [0.15, 0.2) is 5.96 Å². The van der Waals surface area contributed by atoms with Crippen molar-refractivity contribution in [2.24, 2.45) is 4.99 Å². The molecule has 0 atom stereocenters. The SMILES string of the molecule is CN(C)C(=O)CN=C(NCC(C)(C)c1ccccc1)NC1CCCC1. The van der Waals surface area contributed by atoms with Crippen LogP contribution < -0.4 is 10.6 Å². The molecule has 5 nitrogen and oxygen atoms in total. The summed E-state index contributed by atoms with van der Waals surface area (Å²) in [6.45, 7) is 5.35. The minimum Gasteiger partial charge on any atom is -0.356 e. The molecule has 0 radical (unpaired) electrons. The average molecular weight is 345 g/mol. The van der Waals surface area contributed by atoms with E-state index in [1.807, 2.05) is 6.07 Å². The van der Waals surface area contributed by atoms with Crippen molar-refractivity contribution >= 4 is 11.9 Å². The molecule has 2 rings (SSSR count). The maximum Gasteiger partial charge on any atom is 0.243 e. The molecule has 1 fully saturated rings. The zero-order chi connectivity index (χ0) is 18.3. The van der Waals surface area contributed by atoms with E-state index in [4.69, 9.17) is 0 Å². The number of hydrogen-bond donors (Lipinski definition) is 2. The quantitative estimate of drug-likeness (QED) is 0.616. The van der Waals surface area contributed by atoms with Crippen molar-refractivity contribution in [3.63, 3.8) is 0 Å². The van der Waals surface area contributed by atoms with E-state index in [1.54, 1.807) is 19.0 Å². The highest BCUT2D eigenvalue weighted by molar-refractivity contribution is 5.85. The van der Waals surface area contributed by atoms with Gasteiger partial charge in [0.2, 0.25) is 5.91 Å². The van der Waals surface area contributed by atoms with Gasteiger partial charge in [-0.25, -0.2) is 4.99 Å². The number of benzene rings is 1. The molecule has 1 aliphatic rings. The summed E-state index contributed by atoms with van der Waals surface area (Å²) in [4.78, 5) is 18.0. The minimum absolute atomic E-state index is 0.00911. The topological polar surface area (TPSA) is 56.7 Å². The fraction of sp³-hybridized carbons (Fsp3) is 0.600. The smallest absolute Gasteiger partial charge is 0.243 e. The number of aliphatic imine (C=N–C) groups is 1. The molecular formula is C20H32N4O. The van der Waals surface area contributed by atoms with Gasteiger partial charge in [-0.05, 0) is 18.4 Å². The first-order valence-corrected chi connectivity index (χ1v) is 9.19. The number of amides is 1. The van der Waals surface area contributed by atoms with Gasteiger partial charge < -0.3 is 15.5 Å². The lowest BCUT2D eigenvalue weighted by Crippen LogP contribution is -2.47. The van der Waals surface area contributed by atoms with E-state index in [2.05, 4.69) is 53.7 Å². The van der Waals surface area contributed by atoms with E-state index in [9.17, 15) is 4.79 Å². The second-order valence-electron chi connectivity index (χ2n) is 7.68. The molecule has 25 heavy (non-hydrogen) atoms. The van der Waals surface area contributed by atoms with Crippen LogP contribution in [0.1, 0.15) is 45.1 Å². The molecule has 1 saturated carbocycles. The number of rotatable bonds is 6. The van der Waals surface area contributed by atoms with Crippen LogP contribution >= 0.6 is 0 Å². The molecule has 0 saturated heterocycles. The Morgan fingerprint density at radius 1 is 1.20 bits per heavy atom. The lowest BCUT2D eigenvalue weighted by Gasteiger charge is -2.27. The third kappa shape index (κ3) is 6.07. The van der Waals surface area contributed by atoms with Crippen molar-refractivity contribution in [3.8, 4) is 0 Å². The number of guanidine groups is 1. The van der Waals surface area contributed by atoms with Crippen LogP contribution in [-0.2, 0) is 10.2 Å². The maximum atomic E-state index is 11.9. The van der Waals surface area contributed by atoms with Crippen LogP contribution in [0.25, 0.3) is 0 Å². The standard InChI is InChI=1S/C20H32N4O/c1-20(2,16-10-6-5-7-11-16)15-22-19(21-14-18(25)24(3)4)23-17-12-8-9-13-17/h5-7,10-11,17H,8-9,12-15H2,1-4H3,(H2,21,22,23). The molecule has 2 N–H and O–H groups in total. The first kappa shape index (κ1) is 19.3. The predicted molar refractivity (Wildman–Crippen MR) is 104 cm³/mol. The molecule has 0 aromatic heterocycles. The average Bonchev–Trinajstić information content (AvgIpc) is 3.10. The van der Waals surface area contributed by atoms with Gasteiger partial charge in [-0.1, -0.05) is 57.0 Å². The molecular weight excluding hydrogens is 312 g/mol. The van der Waals surface area contributed by atoms with Crippen molar-refractivity contribution in [2.45, 2.75) is 51.0 Å². The van der Waals surface area contributed by atoms with Gasteiger partial charge in [-0.15, -0.1) is 0 Å². The summed E-state index contributed by atoms with van der Waals surface area (Å²) in [5, 5.41) is 6.95. The summed E-state index contributed by atoms with van der Waals surface area (Å²) >= 11 is 0. The summed E-state index contributed by atoms with van der Waals surface area (Å²) in [5.41, 5.74) is 1.26.